The van der Waals surface area contributed by atoms with Crippen molar-refractivity contribution in [3.63, 3.8) is 0 Å². The summed E-state index contributed by atoms with van der Waals surface area (Å²) in [7, 11) is 1.79. The molecule has 0 aliphatic rings. The van der Waals surface area contributed by atoms with Gasteiger partial charge < -0.3 is 10.3 Å². The van der Waals surface area contributed by atoms with Gasteiger partial charge in [0.15, 0.2) is 5.16 Å². The fraction of sp³-hybridized carbons (Fsp3) is 0.182. The molecular weight excluding hydrogens is 252 g/mol. The van der Waals surface area contributed by atoms with E-state index in [0.29, 0.717) is 5.75 Å². The number of benzene rings is 1. The Labute approximate surface area is 108 Å². The first-order valence-electron chi connectivity index (χ1n) is 5.28. The number of nitro groups is 1. The third-order valence-electron chi connectivity index (χ3n) is 2.41. The molecule has 2 aromatic rings. The monoisotopic (exact) mass is 264 g/mol. The van der Waals surface area contributed by atoms with E-state index in [2.05, 4.69) is 15.3 Å². The molecular formula is C11H12N4O2S. The van der Waals surface area contributed by atoms with Gasteiger partial charge in [-0.25, -0.2) is 4.98 Å². The molecule has 0 saturated carbocycles. The maximum atomic E-state index is 10.7. The number of thioether (sulfide) groups is 1. The third kappa shape index (κ3) is 2.80. The Morgan fingerprint density at radius 3 is 3.00 bits per heavy atom. The highest BCUT2D eigenvalue weighted by molar-refractivity contribution is 7.98. The standard InChI is InChI=1S/C11H12N4O2S/c1-12-10-3-2-9(15(16)17)6-8(10)7-18-11-13-4-5-14-11/h2-6,12H,7H2,1H3,(H,13,14). The highest BCUT2D eigenvalue weighted by Crippen LogP contribution is 2.27. The summed E-state index contributed by atoms with van der Waals surface area (Å²) < 4.78 is 0. The van der Waals surface area contributed by atoms with Crippen molar-refractivity contribution in [3.8, 4) is 0 Å². The molecule has 0 aliphatic heterocycles. The average Bonchev–Trinajstić information content (AvgIpc) is 2.89. The summed E-state index contributed by atoms with van der Waals surface area (Å²) in [5.74, 6) is 0.616. The van der Waals surface area contributed by atoms with Crippen molar-refractivity contribution < 1.29 is 4.92 Å². The molecule has 0 bridgehead atoms. The van der Waals surface area contributed by atoms with Crippen LogP contribution in [0.1, 0.15) is 5.56 Å². The maximum absolute atomic E-state index is 10.7. The zero-order chi connectivity index (χ0) is 13.0. The minimum Gasteiger partial charge on any atom is -0.388 e. The Morgan fingerprint density at radius 1 is 1.56 bits per heavy atom. The molecule has 1 aromatic heterocycles. The van der Waals surface area contributed by atoms with Crippen molar-refractivity contribution in [1.82, 2.24) is 9.97 Å². The number of hydrogen-bond donors (Lipinski definition) is 2. The predicted octanol–water partition coefficient (Wildman–Crippen LogP) is 2.65. The highest BCUT2D eigenvalue weighted by atomic mass is 32.2. The summed E-state index contributed by atoms with van der Waals surface area (Å²) >= 11 is 1.50. The van der Waals surface area contributed by atoms with Crippen LogP contribution in [0, 0.1) is 10.1 Å². The van der Waals surface area contributed by atoms with Crippen molar-refractivity contribution in [2.45, 2.75) is 10.9 Å². The van der Waals surface area contributed by atoms with Crippen molar-refractivity contribution in [2.24, 2.45) is 0 Å². The summed E-state index contributed by atoms with van der Waals surface area (Å²) in [5.41, 5.74) is 1.87. The molecule has 0 aliphatic carbocycles. The molecule has 0 saturated heterocycles. The normalized spacial score (nSPS) is 10.3. The van der Waals surface area contributed by atoms with E-state index in [1.165, 1.54) is 17.8 Å². The maximum Gasteiger partial charge on any atom is 0.269 e. The van der Waals surface area contributed by atoms with Gasteiger partial charge >= 0.3 is 0 Å². The van der Waals surface area contributed by atoms with Gasteiger partial charge in [-0.3, -0.25) is 10.1 Å². The van der Waals surface area contributed by atoms with Crippen LogP contribution in [-0.4, -0.2) is 21.9 Å². The molecule has 0 spiro atoms. The smallest absolute Gasteiger partial charge is 0.269 e. The van der Waals surface area contributed by atoms with Crippen LogP contribution in [-0.2, 0) is 5.75 Å². The molecule has 2 rings (SSSR count). The number of nitrogens with zero attached hydrogens (tertiary/aromatic N) is 2. The lowest BCUT2D eigenvalue weighted by atomic mass is 10.2. The van der Waals surface area contributed by atoms with Crippen LogP contribution >= 0.6 is 11.8 Å². The Morgan fingerprint density at radius 2 is 2.39 bits per heavy atom. The lowest BCUT2D eigenvalue weighted by Gasteiger charge is -2.07. The second kappa shape index (κ2) is 5.54. The first-order chi connectivity index (χ1) is 8.70. The second-order valence-electron chi connectivity index (χ2n) is 3.53. The number of rotatable bonds is 5. The molecule has 0 fully saturated rings. The van der Waals surface area contributed by atoms with E-state index in [4.69, 9.17) is 0 Å². The summed E-state index contributed by atoms with van der Waals surface area (Å²) in [6, 6.07) is 4.80. The summed E-state index contributed by atoms with van der Waals surface area (Å²) in [6.07, 6.45) is 3.42. The molecule has 18 heavy (non-hydrogen) atoms. The van der Waals surface area contributed by atoms with E-state index in [1.54, 1.807) is 31.6 Å². The number of nitrogens with one attached hydrogen (secondary N) is 2. The zero-order valence-electron chi connectivity index (χ0n) is 9.71. The van der Waals surface area contributed by atoms with Crippen LogP contribution in [0.15, 0.2) is 35.7 Å². The molecule has 0 unspecified atom stereocenters. The SMILES string of the molecule is CNc1ccc([N+](=O)[O-])cc1CSc1ncc[nH]1. The van der Waals surface area contributed by atoms with Gasteiger partial charge in [-0.2, -0.15) is 0 Å². The van der Waals surface area contributed by atoms with E-state index in [9.17, 15) is 10.1 Å². The van der Waals surface area contributed by atoms with E-state index in [0.717, 1.165) is 16.4 Å². The van der Waals surface area contributed by atoms with Gasteiger partial charge in [0, 0.05) is 43.0 Å². The molecule has 0 radical (unpaired) electrons. The predicted molar refractivity (Wildman–Crippen MR) is 70.8 cm³/mol. The Balaban J connectivity index is 2.18. The summed E-state index contributed by atoms with van der Waals surface area (Å²) in [5, 5.41) is 14.6. The van der Waals surface area contributed by atoms with Gasteiger partial charge in [-0.1, -0.05) is 11.8 Å². The minimum absolute atomic E-state index is 0.101. The Kier molecular flexibility index (Phi) is 3.83. The largest absolute Gasteiger partial charge is 0.388 e. The molecule has 0 amide bonds. The fourth-order valence-corrected chi connectivity index (χ4v) is 2.35. The summed E-state index contributed by atoms with van der Waals surface area (Å²) in [4.78, 5) is 17.4. The Bertz CT molecular complexity index is 542. The number of anilines is 1. The van der Waals surface area contributed by atoms with Crippen LogP contribution < -0.4 is 5.32 Å². The third-order valence-corrected chi connectivity index (χ3v) is 3.36. The van der Waals surface area contributed by atoms with Crippen LogP contribution in [0.2, 0.25) is 0 Å². The lowest BCUT2D eigenvalue weighted by molar-refractivity contribution is -0.384. The van der Waals surface area contributed by atoms with Crippen LogP contribution in [0.25, 0.3) is 0 Å². The molecule has 7 heteroatoms. The van der Waals surface area contributed by atoms with Crippen molar-refractivity contribution in [1.29, 1.82) is 0 Å². The number of non-ortho nitro benzene ring substituents is 1. The van der Waals surface area contributed by atoms with Crippen LogP contribution in [0.3, 0.4) is 0 Å². The first kappa shape index (κ1) is 12.4. The average molecular weight is 264 g/mol. The molecule has 1 heterocycles. The number of imidazole rings is 1. The number of hydrogen-bond acceptors (Lipinski definition) is 5. The van der Waals surface area contributed by atoms with Gasteiger partial charge in [0.05, 0.1) is 4.92 Å². The number of H-pyrrole nitrogens is 1. The van der Waals surface area contributed by atoms with Gasteiger partial charge in [0.25, 0.3) is 5.69 Å². The number of aromatic nitrogens is 2. The quantitative estimate of drug-likeness (QED) is 0.492. The number of nitro benzene ring substituents is 1. The van der Waals surface area contributed by atoms with Crippen molar-refractivity contribution in [2.75, 3.05) is 12.4 Å². The second-order valence-corrected chi connectivity index (χ2v) is 4.50. The van der Waals surface area contributed by atoms with Gasteiger partial charge in [0.2, 0.25) is 0 Å². The minimum atomic E-state index is -0.388. The first-order valence-corrected chi connectivity index (χ1v) is 6.26. The van der Waals surface area contributed by atoms with Gasteiger partial charge in [-0.05, 0) is 11.6 Å². The fourth-order valence-electron chi connectivity index (χ4n) is 1.53. The summed E-state index contributed by atoms with van der Waals surface area (Å²) in [6.45, 7) is 0. The van der Waals surface area contributed by atoms with Gasteiger partial charge in [0.1, 0.15) is 0 Å². The van der Waals surface area contributed by atoms with E-state index in [-0.39, 0.29) is 10.6 Å². The lowest BCUT2D eigenvalue weighted by Crippen LogP contribution is -1.97. The topological polar surface area (TPSA) is 83.8 Å². The van der Waals surface area contributed by atoms with E-state index >= 15 is 0 Å². The van der Waals surface area contributed by atoms with E-state index < -0.39 is 0 Å². The van der Waals surface area contributed by atoms with Gasteiger partial charge in [-0.15, -0.1) is 0 Å². The molecule has 0 atom stereocenters. The highest BCUT2D eigenvalue weighted by Gasteiger charge is 2.10. The molecule has 94 valence electrons. The molecule has 2 N–H and O–H groups in total. The number of aromatic amines is 1. The van der Waals surface area contributed by atoms with Crippen LogP contribution in [0.4, 0.5) is 11.4 Å². The van der Waals surface area contributed by atoms with Crippen LogP contribution in [0.5, 0.6) is 0 Å². The Hall–Kier alpha value is -2.02. The molecule has 6 nitrogen and oxygen atoms in total. The van der Waals surface area contributed by atoms with Crippen molar-refractivity contribution in [3.05, 3.63) is 46.3 Å². The van der Waals surface area contributed by atoms with Crippen molar-refractivity contribution >= 4 is 23.1 Å². The molecule has 1 aromatic carbocycles. The van der Waals surface area contributed by atoms with E-state index in [1.807, 2.05) is 0 Å². The zero-order valence-corrected chi connectivity index (χ0v) is 10.5.